The van der Waals surface area contributed by atoms with E-state index in [1.165, 1.54) is 5.56 Å². The van der Waals surface area contributed by atoms with Crippen LogP contribution in [-0.4, -0.2) is 32.8 Å². The molecule has 1 aromatic heterocycles. The van der Waals surface area contributed by atoms with E-state index in [1.807, 2.05) is 49.4 Å². The number of hydrogen-bond donors (Lipinski definition) is 1. The van der Waals surface area contributed by atoms with Gasteiger partial charge in [0.15, 0.2) is 0 Å². The third-order valence-electron chi connectivity index (χ3n) is 4.61. The fourth-order valence-electron chi connectivity index (χ4n) is 3.40. The van der Waals surface area contributed by atoms with Gasteiger partial charge >= 0.3 is 0 Å². The molecule has 0 spiro atoms. The minimum absolute atomic E-state index is 0.0544. The normalized spacial score (nSPS) is 20.9. The Kier molecular flexibility index (Phi) is 4.34. The highest BCUT2D eigenvalue weighted by molar-refractivity contribution is 5.55. The molecule has 1 N–H and O–H groups in total. The average molecular weight is 335 g/mol. The van der Waals surface area contributed by atoms with Crippen LogP contribution in [0.5, 0.6) is 0 Å². The van der Waals surface area contributed by atoms with Crippen LogP contribution in [-0.2, 0) is 6.54 Å². The first kappa shape index (κ1) is 16.0. The molecule has 1 saturated heterocycles. The molecule has 2 heterocycles. The van der Waals surface area contributed by atoms with Gasteiger partial charge in [-0.15, -0.1) is 0 Å². The summed E-state index contributed by atoms with van der Waals surface area (Å²) in [5.74, 6) is 1.17. The summed E-state index contributed by atoms with van der Waals surface area (Å²) in [5.41, 5.74) is 3.31. The van der Waals surface area contributed by atoms with Crippen molar-refractivity contribution < 1.29 is 9.63 Å². The van der Waals surface area contributed by atoms with Crippen LogP contribution in [0.4, 0.5) is 0 Å². The summed E-state index contributed by atoms with van der Waals surface area (Å²) in [6.07, 6.45) is 0.241. The topological polar surface area (TPSA) is 62.4 Å². The number of likely N-dealkylation sites (tertiary alicyclic amines) is 1. The molecule has 1 aliphatic heterocycles. The molecule has 2 unspecified atom stereocenters. The number of nitrogens with zero attached hydrogens (tertiary/aromatic N) is 3. The smallest absolute Gasteiger partial charge is 0.244 e. The number of aromatic nitrogens is 2. The van der Waals surface area contributed by atoms with Crippen molar-refractivity contribution in [3.05, 3.63) is 71.6 Å². The second-order valence-corrected chi connectivity index (χ2v) is 6.65. The molecule has 0 saturated carbocycles. The molecule has 0 bridgehead atoms. The van der Waals surface area contributed by atoms with E-state index in [0.717, 1.165) is 17.7 Å². The van der Waals surface area contributed by atoms with Crippen LogP contribution >= 0.6 is 0 Å². The first-order valence-electron chi connectivity index (χ1n) is 8.56. The van der Waals surface area contributed by atoms with Crippen molar-refractivity contribution in [3.8, 4) is 11.4 Å². The van der Waals surface area contributed by atoms with Gasteiger partial charge in [-0.2, -0.15) is 4.98 Å². The Bertz CT molecular complexity index is 847. The van der Waals surface area contributed by atoms with Crippen molar-refractivity contribution in [1.29, 1.82) is 0 Å². The van der Waals surface area contributed by atoms with E-state index in [-0.39, 0.29) is 12.1 Å². The van der Waals surface area contributed by atoms with Crippen LogP contribution in [0.3, 0.4) is 0 Å². The lowest BCUT2D eigenvalue weighted by molar-refractivity contribution is 0.169. The molecule has 5 heteroatoms. The predicted molar refractivity (Wildman–Crippen MR) is 94.7 cm³/mol. The Hall–Kier alpha value is -2.50. The first-order valence-corrected chi connectivity index (χ1v) is 8.56. The molecule has 5 nitrogen and oxygen atoms in total. The molecular formula is C20H21N3O2. The van der Waals surface area contributed by atoms with Gasteiger partial charge in [0.05, 0.1) is 12.1 Å². The lowest BCUT2D eigenvalue weighted by Crippen LogP contribution is -2.24. The van der Waals surface area contributed by atoms with Gasteiger partial charge in [0.25, 0.3) is 0 Å². The maximum Gasteiger partial charge on any atom is 0.244 e. The van der Waals surface area contributed by atoms with Crippen molar-refractivity contribution in [1.82, 2.24) is 15.0 Å². The maximum atomic E-state index is 10.1. The third-order valence-corrected chi connectivity index (χ3v) is 4.61. The summed E-state index contributed by atoms with van der Waals surface area (Å²) in [7, 11) is 0. The number of rotatable bonds is 4. The minimum atomic E-state index is -0.372. The van der Waals surface area contributed by atoms with E-state index in [4.69, 9.17) is 4.52 Å². The second-order valence-electron chi connectivity index (χ2n) is 6.65. The molecule has 0 amide bonds. The van der Waals surface area contributed by atoms with E-state index in [1.54, 1.807) is 0 Å². The van der Waals surface area contributed by atoms with Gasteiger partial charge in [-0.1, -0.05) is 59.3 Å². The van der Waals surface area contributed by atoms with Crippen LogP contribution in [0.2, 0.25) is 0 Å². The highest BCUT2D eigenvalue weighted by Gasteiger charge is 2.35. The molecular weight excluding hydrogens is 314 g/mol. The van der Waals surface area contributed by atoms with E-state index in [9.17, 15) is 5.11 Å². The zero-order valence-corrected chi connectivity index (χ0v) is 14.2. The van der Waals surface area contributed by atoms with E-state index in [2.05, 4.69) is 27.2 Å². The quantitative estimate of drug-likeness (QED) is 0.792. The molecule has 128 valence electrons. The SMILES string of the molecule is Cc1cccc(-c2noc(C3CC(O)CN3Cc3ccccc3)n2)c1. The summed E-state index contributed by atoms with van der Waals surface area (Å²) in [6.45, 7) is 3.41. The Morgan fingerprint density at radius 1 is 1.16 bits per heavy atom. The third kappa shape index (κ3) is 3.48. The number of hydrogen-bond acceptors (Lipinski definition) is 5. The minimum Gasteiger partial charge on any atom is -0.392 e. The zero-order valence-electron chi connectivity index (χ0n) is 14.2. The van der Waals surface area contributed by atoms with E-state index < -0.39 is 0 Å². The fourth-order valence-corrected chi connectivity index (χ4v) is 3.40. The largest absolute Gasteiger partial charge is 0.392 e. The average Bonchev–Trinajstić information content (AvgIpc) is 3.22. The van der Waals surface area contributed by atoms with E-state index in [0.29, 0.717) is 24.7 Å². The number of β-amino-alcohol motifs (C(OH)–C–C–N with tert-alkyl or cyclic N) is 1. The van der Waals surface area contributed by atoms with Crippen LogP contribution in [0.15, 0.2) is 59.1 Å². The number of aliphatic hydroxyl groups excluding tert-OH is 1. The van der Waals surface area contributed by atoms with Gasteiger partial charge in [-0.25, -0.2) is 0 Å². The van der Waals surface area contributed by atoms with Gasteiger partial charge in [0.1, 0.15) is 0 Å². The molecule has 1 aliphatic rings. The Labute approximate surface area is 146 Å². The lowest BCUT2D eigenvalue weighted by Gasteiger charge is -2.21. The van der Waals surface area contributed by atoms with Crippen LogP contribution in [0.25, 0.3) is 11.4 Å². The van der Waals surface area contributed by atoms with E-state index >= 15 is 0 Å². The molecule has 25 heavy (non-hydrogen) atoms. The Morgan fingerprint density at radius 3 is 2.80 bits per heavy atom. The van der Waals surface area contributed by atoms with Gasteiger partial charge in [0.2, 0.25) is 11.7 Å². The van der Waals surface area contributed by atoms with Crippen molar-refractivity contribution in [2.24, 2.45) is 0 Å². The highest BCUT2D eigenvalue weighted by atomic mass is 16.5. The van der Waals surface area contributed by atoms with Gasteiger partial charge < -0.3 is 9.63 Å². The van der Waals surface area contributed by atoms with Crippen molar-refractivity contribution in [3.63, 3.8) is 0 Å². The summed E-state index contributed by atoms with van der Waals surface area (Å²) in [6, 6.07) is 18.2. The number of aliphatic hydroxyl groups is 1. The predicted octanol–water partition coefficient (Wildman–Crippen LogP) is 3.35. The summed E-state index contributed by atoms with van der Waals surface area (Å²) >= 11 is 0. The molecule has 1 fully saturated rings. The first-order chi connectivity index (χ1) is 12.2. The molecule has 2 aromatic carbocycles. The number of benzene rings is 2. The van der Waals surface area contributed by atoms with Crippen molar-refractivity contribution >= 4 is 0 Å². The monoisotopic (exact) mass is 335 g/mol. The molecule has 2 atom stereocenters. The van der Waals surface area contributed by atoms with Crippen LogP contribution in [0, 0.1) is 6.92 Å². The maximum absolute atomic E-state index is 10.1. The van der Waals surface area contributed by atoms with Crippen LogP contribution in [0.1, 0.15) is 29.5 Å². The Balaban J connectivity index is 1.57. The summed E-state index contributed by atoms with van der Waals surface area (Å²) in [4.78, 5) is 6.80. The van der Waals surface area contributed by atoms with Gasteiger partial charge in [-0.3, -0.25) is 4.90 Å². The fraction of sp³-hybridized carbons (Fsp3) is 0.300. The van der Waals surface area contributed by atoms with Gasteiger partial charge in [0, 0.05) is 18.7 Å². The lowest BCUT2D eigenvalue weighted by atomic mass is 10.1. The number of aryl methyl sites for hydroxylation is 1. The van der Waals surface area contributed by atoms with Crippen LogP contribution < -0.4 is 0 Å². The standard InChI is InChI=1S/C20H21N3O2/c1-14-6-5-9-16(10-14)19-21-20(25-22-19)18-11-17(24)13-23(18)12-15-7-3-2-4-8-15/h2-10,17-18,24H,11-13H2,1H3. The second kappa shape index (κ2) is 6.78. The van der Waals surface area contributed by atoms with Gasteiger partial charge in [-0.05, 0) is 25.0 Å². The van der Waals surface area contributed by atoms with Crippen molar-refractivity contribution in [2.75, 3.05) is 6.54 Å². The molecule has 0 radical (unpaired) electrons. The summed E-state index contributed by atoms with van der Waals surface area (Å²) in [5, 5.41) is 14.3. The summed E-state index contributed by atoms with van der Waals surface area (Å²) < 4.78 is 5.55. The highest BCUT2D eigenvalue weighted by Crippen LogP contribution is 2.33. The molecule has 0 aliphatic carbocycles. The zero-order chi connectivity index (χ0) is 17.2. The Morgan fingerprint density at radius 2 is 2.00 bits per heavy atom. The molecule has 4 rings (SSSR count). The molecule has 3 aromatic rings. The van der Waals surface area contributed by atoms with Crippen molar-refractivity contribution in [2.45, 2.75) is 32.0 Å².